The van der Waals surface area contributed by atoms with Crippen molar-refractivity contribution in [3.8, 4) is 22.8 Å². The molecule has 3 aromatic heterocycles. The Morgan fingerprint density at radius 3 is 2.59 bits per heavy atom. The van der Waals surface area contributed by atoms with Crippen molar-refractivity contribution in [2.45, 2.75) is 6.92 Å². The van der Waals surface area contributed by atoms with Crippen LogP contribution in [0.5, 0.6) is 11.6 Å². The van der Waals surface area contributed by atoms with E-state index in [1.165, 1.54) is 18.5 Å². The van der Waals surface area contributed by atoms with Crippen molar-refractivity contribution >= 4 is 33.5 Å². The van der Waals surface area contributed by atoms with Gasteiger partial charge in [-0.25, -0.2) is 14.4 Å². The Labute approximate surface area is 221 Å². The second kappa shape index (κ2) is 9.53. The number of nitrogens with zero attached hydrogens (tertiary/aromatic N) is 3. The molecule has 0 aliphatic rings. The number of H-pyrrole nitrogens is 1. The molecule has 3 heterocycles. The van der Waals surface area contributed by atoms with E-state index in [2.05, 4.69) is 20.3 Å². The van der Waals surface area contributed by atoms with E-state index in [0.717, 1.165) is 22.7 Å². The summed E-state index contributed by atoms with van der Waals surface area (Å²) in [5.74, 6) is -1.22. The van der Waals surface area contributed by atoms with Crippen molar-refractivity contribution in [3.63, 3.8) is 0 Å². The van der Waals surface area contributed by atoms with Crippen LogP contribution in [0.15, 0.2) is 90.1 Å². The van der Waals surface area contributed by atoms with E-state index in [-0.39, 0.29) is 28.3 Å². The molecule has 6 aromatic rings. The maximum Gasteiger partial charge on any atom is 0.261 e. The van der Waals surface area contributed by atoms with Gasteiger partial charge in [-0.3, -0.25) is 9.59 Å². The highest BCUT2D eigenvalue weighted by Crippen LogP contribution is 2.36. The molecule has 0 aliphatic heterocycles. The first-order valence-electron chi connectivity index (χ1n) is 12.2. The summed E-state index contributed by atoms with van der Waals surface area (Å²) in [7, 11) is 1.79. The first kappa shape index (κ1) is 24.1. The number of aromatic amines is 1. The number of rotatable bonds is 5. The van der Waals surface area contributed by atoms with Crippen LogP contribution in [0, 0.1) is 12.7 Å². The lowest BCUT2D eigenvalue weighted by atomic mass is 10.1. The average Bonchev–Trinajstić information content (AvgIpc) is 3.39. The topological polar surface area (TPSA) is 102 Å². The number of nitrogens with one attached hydrogen (secondary N) is 2. The van der Waals surface area contributed by atoms with E-state index in [1.54, 1.807) is 36.9 Å². The summed E-state index contributed by atoms with van der Waals surface area (Å²) in [5.41, 5.74) is 3.32. The van der Waals surface area contributed by atoms with Crippen molar-refractivity contribution in [2.24, 2.45) is 7.05 Å². The van der Waals surface area contributed by atoms with Gasteiger partial charge in [0.05, 0.1) is 10.9 Å². The zero-order valence-electron chi connectivity index (χ0n) is 21.0. The molecule has 3 aromatic carbocycles. The molecule has 39 heavy (non-hydrogen) atoms. The van der Waals surface area contributed by atoms with Crippen LogP contribution >= 0.6 is 0 Å². The number of hydrogen-bond donors (Lipinski definition) is 2. The van der Waals surface area contributed by atoms with Gasteiger partial charge in [0.15, 0.2) is 11.6 Å². The summed E-state index contributed by atoms with van der Waals surface area (Å²) < 4.78 is 22.8. The number of hydrogen-bond acceptors (Lipinski definition) is 5. The molecule has 1 amide bonds. The number of ether oxygens (including phenoxy) is 1. The maximum atomic E-state index is 15.2. The third kappa shape index (κ3) is 4.19. The number of pyridine rings is 1. The highest BCUT2D eigenvalue weighted by molar-refractivity contribution is 6.07. The van der Waals surface area contributed by atoms with Crippen molar-refractivity contribution in [3.05, 3.63) is 113 Å². The number of benzene rings is 3. The summed E-state index contributed by atoms with van der Waals surface area (Å²) in [5, 5.41) is 3.69. The first-order valence-corrected chi connectivity index (χ1v) is 12.2. The third-order valence-corrected chi connectivity index (χ3v) is 6.75. The summed E-state index contributed by atoms with van der Waals surface area (Å²) in [4.78, 5) is 37.8. The van der Waals surface area contributed by atoms with Crippen LogP contribution < -0.4 is 15.5 Å². The van der Waals surface area contributed by atoms with E-state index in [0.29, 0.717) is 22.1 Å². The van der Waals surface area contributed by atoms with Gasteiger partial charge in [0.2, 0.25) is 11.3 Å². The van der Waals surface area contributed by atoms with Gasteiger partial charge < -0.3 is 19.6 Å². The van der Waals surface area contributed by atoms with Gasteiger partial charge in [-0.15, -0.1) is 0 Å². The van der Waals surface area contributed by atoms with E-state index in [1.807, 2.05) is 42.5 Å². The Morgan fingerprint density at radius 2 is 1.79 bits per heavy atom. The molecule has 0 saturated heterocycles. The fraction of sp³-hybridized carbons (Fsp3) is 0.0667. The number of carbonyl (C=O) groups is 1. The lowest BCUT2D eigenvalue weighted by Gasteiger charge is -2.14. The number of anilines is 1. The monoisotopic (exact) mass is 519 g/mol. The van der Waals surface area contributed by atoms with Crippen LogP contribution in [-0.2, 0) is 7.05 Å². The summed E-state index contributed by atoms with van der Waals surface area (Å²) in [6, 6.07) is 20.8. The lowest BCUT2D eigenvalue weighted by Crippen LogP contribution is -2.26. The molecule has 0 unspecified atom stereocenters. The van der Waals surface area contributed by atoms with Crippen LogP contribution in [0.1, 0.15) is 16.1 Å². The predicted molar refractivity (Wildman–Crippen MR) is 148 cm³/mol. The molecular weight excluding hydrogens is 497 g/mol. The van der Waals surface area contributed by atoms with Gasteiger partial charge in [0.25, 0.3) is 5.91 Å². The second-order valence-electron chi connectivity index (χ2n) is 9.04. The quantitative estimate of drug-likeness (QED) is 0.292. The van der Waals surface area contributed by atoms with E-state index in [4.69, 9.17) is 4.74 Å². The molecule has 192 valence electrons. The fourth-order valence-electron chi connectivity index (χ4n) is 4.69. The number of aromatic nitrogens is 4. The van der Waals surface area contributed by atoms with Crippen molar-refractivity contribution in [1.29, 1.82) is 0 Å². The van der Waals surface area contributed by atoms with E-state index < -0.39 is 11.7 Å². The Kier molecular flexibility index (Phi) is 5.88. The Hall–Kier alpha value is -5.31. The molecule has 0 atom stereocenters. The number of fused-ring (bicyclic) bond motifs is 2. The molecule has 2 N–H and O–H groups in total. The number of aryl methyl sites for hydroxylation is 1. The van der Waals surface area contributed by atoms with Gasteiger partial charge in [-0.1, -0.05) is 42.5 Å². The highest BCUT2D eigenvalue weighted by atomic mass is 19.1. The average molecular weight is 520 g/mol. The van der Waals surface area contributed by atoms with Crippen molar-refractivity contribution in [2.75, 3.05) is 5.32 Å². The molecule has 0 radical (unpaired) electrons. The first-order chi connectivity index (χ1) is 18.9. The molecule has 0 fully saturated rings. The molecule has 9 heteroatoms. The SMILES string of the molecule is Cc1c(C(=O)Nc2ccc(Oc3ncnc4[nH]cc(-c5ccccc5)c34)c(F)c2)c(=O)c2ccccc2n1C. The maximum absolute atomic E-state index is 15.2. The zero-order valence-corrected chi connectivity index (χ0v) is 21.0. The summed E-state index contributed by atoms with van der Waals surface area (Å²) in [6.45, 7) is 1.70. The van der Waals surface area contributed by atoms with Crippen LogP contribution in [0.25, 0.3) is 33.1 Å². The smallest absolute Gasteiger partial charge is 0.261 e. The third-order valence-electron chi connectivity index (χ3n) is 6.75. The Balaban J connectivity index is 1.30. The van der Waals surface area contributed by atoms with Crippen LogP contribution in [0.2, 0.25) is 0 Å². The normalized spacial score (nSPS) is 11.2. The minimum atomic E-state index is -0.709. The van der Waals surface area contributed by atoms with Crippen molar-refractivity contribution in [1.82, 2.24) is 19.5 Å². The van der Waals surface area contributed by atoms with Crippen LogP contribution in [-0.4, -0.2) is 25.4 Å². The second-order valence-corrected chi connectivity index (χ2v) is 9.04. The van der Waals surface area contributed by atoms with Gasteiger partial charge in [-0.05, 0) is 36.8 Å². The molecule has 0 saturated carbocycles. The van der Waals surface area contributed by atoms with E-state index >= 15 is 4.39 Å². The largest absolute Gasteiger partial charge is 0.435 e. The molecule has 6 rings (SSSR count). The predicted octanol–water partition coefficient (Wildman–Crippen LogP) is 5.97. The molecule has 0 spiro atoms. The Bertz CT molecular complexity index is 1950. The summed E-state index contributed by atoms with van der Waals surface area (Å²) >= 11 is 0. The lowest BCUT2D eigenvalue weighted by molar-refractivity contribution is 0.102. The minimum Gasteiger partial charge on any atom is -0.435 e. The van der Waals surface area contributed by atoms with Gasteiger partial charge in [-0.2, -0.15) is 0 Å². The Morgan fingerprint density at radius 1 is 1.03 bits per heavy atom. The number of amides is 1. The number of para-hydroxylation sites is 1. The number of carbonyl (C=O) groups excluding carboxylic acids is 1. The number of halogens is 1. The van der Waals surface area contributed by atoms with Crippen LogP contribution in [0.4, 0.5) is 10.1 Å². The van der Waals surface area contributed by atoms with Crippen LogP contribution in [0.3, 0.4) is 0 Å². The summed E-state index contributed by atoms with van der Waals surface area (Å²) in [6.07, 6.45) is 3.14. The van der Waals surface area contributed by atoms with Gasteiger partial charge in [0, 0.05) is 41.6 Å². The zero-order chi connectivity index (χ0) is 27.1. The molecule has 8 nitrogen and oxygen atoms in total. The standard InChI is InChI=1S/C30H22FN5O3/c1-17-25(27(37)20-10-6-7-11-23(20)36(17)2)29(38)35-19-12-13-24(22(31)14-19)39-30-26-21(18-8-4-3-5-9-18)15-32-28(26)33-16-34-30/h3-16H,1-2H3,(H,35,38)(H,32,33,34). The molecular formula is C30H22FN5O3. The van der Waals surface area contributed by atoms with Gasteiger partial charge >= 0.3 is 0 Å². The molecule has 0 aliphatic carbocycles. The fourth-order valence-corrected chi connectivity index (χ4v) is 4.69. The molecule has 0 bridgehead atoms. The highest BCUT2D eigenvalue weighted by Gasteiger charge is 2.20. The van der Waals surface area contributed by atoms with E-state index in [9.17, 15) is 9.59 Å². The van der Waals surface area contributed by atoms with Crippen molar-refractivity contribution < 1.29 is 13.9 Å². The minimum absolute atomic E-state index is 0.00112. The van der Waals surface area contributed by atoms with Gasteiger partial charge in [0.1, 0.15) is 17.5 Å².